The largest absolute Gasteiger partial charge is 0.384 e. The Labute approximate surface area is 71.9 Å². The monoisotopic (exact) mass is 176 g/mol. The number of ketones is 1. The van der Waals surface area contributed by atoms with Crippen molar-refractivity contribution in [1.29, 1.82) is 0 Å². The maximum atomic E-state index is 11.1. The van der Waals surface area contributed by atoms with Gasteiger partial charge in [-0.1, -0.05) is 0 Å². The van der Waals surface area contributed by atoms with E-state index in [0.29, 0.717) is 13.0 Å². The second-order valence-corrected chi connectivity index (χ2v) is 3.45. The van der Waals surface area contributed by atoms with Crippen LogP contribution in [0.5, 0.6) is 0 Å². The normalized spacial score (nSPS) is 32.4. The van der Waals surface area contributed by atoms with Crippen LogP contribution in [0.2, 0.25) is 0 Å². The molecule has 2 nitrogen and oxygen atoms in total. The number of rotatable bonds is 2. The van der Waals surface area contributed by atoms with Crippen LogP contribution in [0.25, 0.3) is 0 Å². The summed E-state index contributed by atoms with van der Waals surface area (Å²) in [4.78, 5) is 11.1. The zero-order chi connectivity index (χ0) is 8.27. The summed E-state index contributed by atoms with van der Waals surface area (Å²) in [7, 11) is 1.64. The number of hydrogen-bond donors (Lipinski definition) is 0. The molecular formula is C8H13ClO2. The van der Waals surface area contributed by atoms with E-state index >= 15 is 0 Å². The zero-order valence-corrected chi connectivity index (χ0v) is 7.43. The van der Waals surface area contributed by atoms with Crippen LogP contribution in [-0.4, -0.2) is 24.9 Å². The summed E-state index contributed by atoms with van der Waals surface area (Å²) >= 11 is 5.88. The van der Waals surface area contributed by atoms with Crippen molar-refractivity contribution in [3.05, 3.63) is 0 Å². The minimum absolute atomic E-state index is 0.181. The standard InChI is InChI=1S/C8H13ClO2/c1-11-5-6-3-2-4-7(10)8(6)9/h6,8H,2-5H2,1H3. The third kappa shape index (κ3) is 2.17. The van der Waals surface area contributed by atoms with Crippen LogP contribution in [0.4, 0.5) is 0 Å². The van der Waals surface area contributed by atoms with E-state index in [1.54, 1.807) is 7.11 Å². The molecular weight excluding hydrogens is 164 g/mol. The molecule has 0 amide bonds. The van der Waals surface area contributed by atoms with Crippen LogP contribution < -0.4 is 0 Å². The third-order valence-corrected chi connectivity index (χ3v) is 2.70. The Balaban J connectivity index is 2.44. The van der Waals surface area contributed by atoms with E-state index in [1.165, 1.54) is 0 Å². The maximum Gasteiger partial charge on any atom is 0.151 e. The van der Waals surface area contributed by atoms with Gasteiger partial charge in [0.05, 0.1) is 12.0 Å². The molecule has 1 aliphatic rings. The van der Waals surface area contributed by atoms with Crippen molar-refractivity contribution in [3.63, 3.8) is 0 Å². The van der Waals surface area contributed by atoms with Gasteiger partial charge in [0, 0.05) is 19.4 Å². The summed E-state index contributed by atoms with van der Waals surface area (Å²) < 4.78 is 4.96. The fraction of sp³-hybridized carbons (Fsp3) is 0.875. The highest BCUT2D eigenvalue weighted by atomic mass is 35.5. The molecule has 0 N–H and O–H groups in total. The van der Waals surface area contributed by atoms with Crippen molar-refractivity contribution in [3.8, 4) is 0 Å². The van der Waals surface area contributed by atoms with Crippen molar-refractivity contribution < 1.29 is 9.53 Å². The number of methoxy groups -OCH3 is 1. The molecule has 3 heteroatoms. The molecule has 0 bridgehead atoms. The molecule has 2 unspecified atom stereocenters. The number of halogens is 1. The molecule has 0 aromatic heterocycles. The Bertz CT molecular complexity index is 145. The Morgan fingerprint density at radius 2 is 2.45 bits per heavy atom. The van der Waals surface area contributed by atoms with Gasteiger partial charge in [0.2, 0.25) is 0 Å². The summed E-state index contributed by atoms with van der Waals surface area (Å²) in [6.07, 6.45) is 2.64. The van der Waals surface area contributed by atoms with Gasteiger partial charge in [0.15, 0.2) is 5.78 Å². The van der Waals surface area contributed by atoms with E-state index in [-0.39, 0.29) is 17.1 Å². The summed E-state index contributed by atoms with van der Waals surface area (Å²) in [5, 5.41) is -0.302. The van der Waals surface area contributed by atoms with Crippen LogP contribution in [0.3, 0.4) is 0 Å². The van der Waals surface area contributed by atoms with Crippen molar-refractivity contribution in [1.82, 2.24) is 0 Å². The molecule has 0 saturated heterocycles. The highest BCUT2D eigenvalue weighted by Gasteiger charge is 2.29. The van der Waals surface area contributed by atoms with Gasteiger partial charge in [-0.05, 0) is 12.8 Å². The van der Waals surface area contributed by atoms with Gasteiger partial charge in [-0.15, -0.1) is 11.6 Å². The molecule has 0 aromatic carbocycles. The lowest BCUT2D eigenvalue weighted by atomic mass is 9.88. The lowest BCUT2D eigenvalue weighted by Crippen LogP contribution is -2.31. The van der Waals surface area contributed by atoms with Crippen LogP contribution in [0.15, 0.2) is 0 Å². The lowest BCUT2D eigenvalue weighted by molar-refractivity contribution is -0.121. The van der Waals surface area contributed by atoms with Crippen molar-refractivity contribution in [2.45, 2.75) is 24.6 Å². The van der Waals surface area contributed by atoms with Gasteiger partial charge >= 0.3 is 0 Å². The SMILES string of the molecule is COCC1CCCC(=O)C1Cl. The predicted octanol–water partition coefficient (Wildman–Crippen LogP) is 1.61. The predicted molar refractivity (Wildman–Crippen MR) is 43.9 cm³/mol. The van der Waals surface area contributed by atoms with Crippen LogP contribution in [0, 0.1) is 5.92 Å². The van der Waals surface area contributed by atoms with E-state index < -0.39 is 0 Å². The molecule has 0 spiro atoms. The number of Topliss-reactive ketones (excluding diaryl/α,β-unsaturated/α-hetero) is 1. The van der Waals surface area contributed by atoms with Gasteiger partial charge in [-0.25, -0.2) is 0 Å². The van der Waals surface area contributed by atoms with E-state index in [1.807, 2.05) is 0 Å². The first-order chi connectivity index (χ1) is 5.25. The third-order valence-electron chi connectivity index (χ3n) is 2.10. The Morgan fingerprint density at radius 3 is 3.09 bits per heavy atom. The first-order valence-electron chi connectivity index (χ1n) is 3.91. The minimum atomic E-state index is -0.302. The van der Waals surface area contributed by atoms with E-state index in [2.05, 4.69) is 0 Å². The average Bonchev–Trinajstić information content (AvgIpc) is 1.99. The highest BCUT2D eigenvalue weighted by molar-refractivity contribution is 6.31. The summed E-state index contributed by atoms with van der Waals surface area (Å²) in [6.45, 7) is 0.611. The Morgan fingerprint density at radius 1 is 1.73 bits per heavy atom. The molecule has 0 aromatic rings. The first kappa shape index (κ1) is 9.01. The van der Waals surface area contributed by atoms with Gasteiger partial charge in [0.1, 0.15) is 0 Å². The molecule has 1 rings (SSSR count). The van der Waals surface area contributed by atoms with Crippen LogP contribution >= 0.6 is 11.6 Å². The van der Waals surface area contributed by atoms with Crippen LogP contribution in [-0.2, 0) is 9.53 Å². The summed E-state index contributed by atoms with van der Waals surface area (Å²) in [5.74, 6) is 0.419. The van der Waals surface area contributed by atoms with Gasteiger partial charge in [0.25, 0.3) is 0 Å². The molecule has 2 atom stereocenters. The molecule has 1 fully saturated rings. The zero-order valence-electron chi connectivity index (χ0n) is 6.68. The first-order valence-corrected chi connectivity index (χ1v) is 4.35. The minimum Gasteiger partial charge on any atom is -0.384 e. The fourth-order valence-corrected chi connectivity index (χ4v) is 1.78. The summed E-state index contributed by atoms with van der Waals surface area (Å²) in [5.41, 5.74) is 0. The smallest absolute Gasteiger partial charge is 0.151 e. The van der Waals surface area contributed by atoms with Crippen molar-refractivity contribution >= 4 is 17.4 Å². The van der Waals surface area contributed by atoms with Gasteiger partial charge < -0.3 is 4.74 Å². The number of hydrogen-bond acceptors (Lipinski definition) is 2. The molecule has 0 heterocycles. The second-order valence-electron chi connectivity index (χ2n) is 2.98. The van der Waals surface area contributed by atoms with Gasteiger partial charge in [-0.3, -0.25) is 4.79 Å². The van der Waals surface area contributed by atoms with E-state index in [0.717, 1.165) is 12.8 Å². The van der Waals surface area contributed by atoms with Crippen LogP contribution in [0.1, 0.15) is 19.3 Å². The lowest BCUT2D eigenvalue weighted by Gasteiger charge is -2.24. The summed E-state index contributed by atoms with van der Waals surface area (Å²) in [6, 6.07) is 0. The number of ether oxygens (including phenoxy) is 1. The molecule has 64 valence electrons. The second kappa shape index (κ2) is 4.07. The number of carbonyl (C=O) groups is 1. The average molecular weight is 177 g/mol. The van der Waals surface area contributed by atoms with Gasteiger partial charge in [-0.2, -0.15) is 0 Å². The molecule has 0 radical (unpaired) electrons. The highest BCUT2D eigenvalue weighted by Crippen LogP contribution is 2.25. The topological polar surface area (TPSA) is 26.3 Å². The maximum absolute atomic E-state index is 11.1. The van der Waals surface area contributed by atoms with Crippen molar-refractivity contribution in [2.24, 2.45) is 5.92 Å². The number of alkyl halides is 1. The van der Waals surface area contributed by atoms with E-state index in [4.69, 9.17) is 16.3 Å². The molecule has 1 saturated carbocycles. The van der Waals surface area contributed by atoms with Crippen molar-refractivity contribution in [2.75, 3.05) is 13.7 Å². The molecule has 11 heavy (non-hydrogen) atoms. The number of carbonyl (C=O) groups excluding carboxylic acids is 1. The Kier molecular flexibility index (Phi) is 3.34. The molecule has 0 aliphatic heterocycles. The molecule has 1 aliphatic carbocycles. The quantitative estimate of drug-likeness (QED) is 0.598. The van der Waals surface area contributed by atoms with E-state index in [9.17, 15) is 4.79 Å². The Hall–Kier alpha value is -0.0800. The fourth-order valence-electron chi connectivity index (χ4n) is 1.47.